The van der Waals surface area contributed by atoms with E-state index in [4.69, 9.17) is 0 Å². The third-order valence-corrected chi connectivity index (χ3v) is 3.55. The smallest absolute Gasteiger partial charge is 0.379 e. The summed E-state index contributed by atoms with van der Waals surface area (Å²) in [5, 5.41) is 7.91. The minimum atomic E-state index is -4.41. The maximum atomic E-state index is 12.8. The second-order valence-electron chi connectivity index (χ2n) is 4.57. The average molecular weight is 348 g/mol. The monoisotopic (exact) mass is 347 g/mol. The molecule has 0 aliphatic carbocycles. The highest BCUT2D eigenvalue weighted by atomic mass is 79.9. The van der Waals surface area contributed by atoms with Gasteiger partial charge in [-0.25, -0.2) is 0 Å². The van der Waals surface area contributed by atoms with Gasteiger partial charge in [0.1, 0.15) is 0 Å². The molecule has 20 heavy (non-hydrogen) atoms. The molecule has 1 heterocycles. The van der Waals surface area contributed by atoms with Crippen LogP contribution in [0, 0.1) is 0 Å². The summed E-state index contributed by atoms with van der Waals surface area (Å²) in [4.78, 5) is 1.99. The molecule has 0 saturated heterocycles. The molecule has 0 amide bonds. The van der Waals surface area contributed by atoms with Crippen LogP contribution < -0.4 is 0 Å². The lowest BCUT2D eigenvalue weighted by Gasteiger charge is -2.19. The van der Waals surface area contributed by atoms with E-state index < -0.39 is 11.7 Å². The molecule has 0 saturated carbocycles. The molecule has 0 bridgehead atoms. The second-order valence-corrected chi connectivity index (χ2v) is 5.42. The molecule has 0 spiro atoms. The molecule has 0 radical (unpaired) electrons. The van der Waals surface area contributed by atoms with E-state index in [1.165, 1.54) is 12.1 Å². The SMILES string of the molecule is CN1C=C(N=Nc2ccc(Br)c(C(F)(F)F)c2)CCC1. The van der Waals surface area contributed by atoms with Crippen molar-refractivity contribution in [2.24, 2.45) is 10.2 Å². The van der Waals surface area contributed by atoms with Crippen LogP contribution in [0.25, 0.3) is 0 Å². The molecule has 1 aliphatic rings. The molecule has 0 fully saturated rings. The third-order valence-electron chi connectivity index (χ3n) is 2.86. The van der Waals surface area contributed by atoms with Crippen LogP contribution in [-0.2, 0) is 6.18 Å². The molecular formula is C13H13BrF3N3. The summed E-state index contributed by atoms with van der Waals surface area (Å²) in [5.41, 5.74) is 0.216. The first-order chi connectivity index (χ1) is 9.36. The first kappa shape index (κ1) is 15.0. The Labute approximate surface area is 123 Å². The summed E-state index contributed by atoms with van der Waals surface area (Å²) in [6, 6.07) is 3.81. The Kier molecular flexibility index (Phi) is 4.47. The fraction of sp³-hybridized carbons (Fsp3) is 0.385. The van der Waals surface area contributed by atoms with Gasteiger partial charge in [-0.3, -0.25) is 0 Å². The summed E-state index contributed by atoms with van der Waals surface area (Å²) in [7, 11) is 1.93. The Balaban J connectivity index is 2.22. The lowest BCUT2D eigenvalue weighted by atomic mass is 10.2. The molecule has 1 aromatic carbocycles. The Morgan fingerprint density at radius 2 is 2.00 bits per heavy atom. The van der Waals surface area contributed by atoms with E-state index in [9.17, 15) is 13.2 Å². The highest BCUT2D eigenvalue weighted by Crippen LogP contribution is 2.37. The molecule has 0 unspecified atom stereocenters. The first-order valence-electron chi connectivity index (χ1n) is 6.06. The molecule has 7 heteroatoms. The number of alkyl halides is 3. The van der Waals surface area contributed by atoms with Crippen LogP contribution >= 0.6 is 15.9 Å². The molecule has 0 aromatic heterocycles. The summed E-state index contributed by atoms with van der Waals surface area (Å²) in [5.74, 6) is 0. The number of rotatable bonds is 2. The number of nitrogens with zero attached hydrogens (tertiary/aromatic N) is 3. The van der Waals surface area contributed by atoms with E-state index in [2.05, 4.69) is 26.2 Å². The van der Waals surface area contributed by atoms with Gasteiger partial charge in [0.2, 0.25) is 0 Å². The van der Waals surface area contributed by atoms with Crippen molar-refractivity contribution >= 4 is 21.6 Å². The number of halogens is 4. The predicted octanol–water partition coefficient (Wildman–Crippen LogP) is 5.12. The van der Waals surface area contributed by atoms with E-state index >= 15 is 0 Å². The Morgan fingerprint density at radius 1 is 1.25 bits per heavy atom. The zero-order chi connectivity index (χ0) is 14.8. The predicted molar refractivity (Wildman–Crippen MR) is 73.6 cm³/mol. The summed E-state index contributed by atoms with van der Waals surface area (Å²) in [6.45, 7) is 0.954. The van der Waals surface area contributed by atoms with Crippen molar-refractivity contribution in [3.63, 3.8) is 0 Å². The van der Waals surface area contributed by atoms with Crippen molar-refractivity contribution < 1.29 is 13.2 Å². The second kappa shape index (κ2) is 5.95. The Hall–Kier alpha value is -1.37. The highest BCUT2D eigenvalue weighted by molar-refractivity contribution is 9.10. The fourth-order valence-electron chi connectivity index (χ4n) is 1.88. The van der Waals surface area contributed by atoms with Gasteiger partial charge in [-0.1, -0.05) is 15.9 Å². The topological polar surface area (TPSA) is 28.0 Å². The number of allylic oxidation sites excluding steroid dienone is 1. The molecule has 1 aromatic rings. The summed E-state index contributed by atoms with van der Waals surface area (Å²) >= 11 is 2.89. The summed E-state index contributed by atoms with van der Waals surface area (Å²) < 4.78 is 38.3. The lowest BCUT2D eigenvalue weighted by Crippen LogP contribution is -2.16. The first-order valence-corrected chi connectivity index (χ1v) is 6.85. The lowest BCUT2D eigenvalue weighted by molar-refractivity contribution is -0.138. The van der Waals surface area contributed by atoms with Gasteiger partial charge in [0.15, 0.2) is 0 Å². The van der Waals surface area contributed by atoms with Gasteiger partial charge in [-0.2, -0.15) is 23.4 Å². The van der Waals surface area contributed by atoms with E-state index in [-0.39, 0.29) is 10.2 Å². The van der Waals surface area contributed by atoms with Gasteiger partial charge in [0.05, 0.1) is 16.9 Å². The quantitative estimate of drug-likeness (QED) is 0.682. The standard InChI is InChI=1S/C13H13BrF3N3/c1-20-6-2-3-10(8-20)19-18-9-4-5-12(14)11(7-9)13(15,16)17/h4-5,7-8H,2-3,6H2,1H3. The molecule has 3 nitrogen and oxygen atoms in total. The number of benzene rings is 1. The Morgan fingerprint density at radius 3 is 2.65 bits per heavy atom. The maximum absolute atomic E-state index is 12.8. The molecule has 2 rings (SSSR count). The van der Waals surface area contributed by atoms with Gasteiger partial charge in [0, 0.05) is 24.3 Å². The maximum Gasteiger partial charge on any atom is 0.417 e. The van der Waals surface area contributed by atoms with E-state index in [0.717, 1.165) is 31.1 Å². The van der Waals surface area contributed by atoms with Crippen molar-refractivity contribution in [3.05, 3.63) is 40.1 Å². The van der Waals surface area contributed by atoms with Crippen molar-refractivity contribution in [3.8, 4) is 0 Å². The molecule has 1 aliphatic heterocycles. The van der Waals surface area contributed by atoms with Crippen molar-refractivity contribution in [2.45, 2.75) is 19.0 Å². The van der Waals surface area contributed by atoms with Gasteiger partial charge in [-0.15, -0.1) is 0 Å². The van der Waals surface area contributed by atoms with Crippen LogP contribution in [0.3, 0.4) is 0 Å². The normalized spacial score (nSPS) is 16.6. The fourth-order valence-corrected chi connectivity index (χ4v) is 2.35. The molecule has 108 valence electrons. The highest BCUT2D eigenvalue weighted by Gasteiger charge is 2.33. The van der Waals surface area contributed by atoms with Crippen LogP contribution in [0.5, 0.6) is 0 Å². The van der Waals surface area contributed by atoms with Crippen molar-refractivity contribution in [1.29, 1.82) is 0 Å². The van der Waals surface area contributed by atoms with Crippen LogP contribution in [0.2, 0.25) is 0 Å². The van der Waals surface area contributed by atoms with Crippen molar-refractivity contribution in [2.75, 3.05) is 13.6 Å². The summed E-state index contributed by atoms with van der Waals surface area (Å²) in [6.07, 6.45) is -0.794. The molecule has 0 atom stereocenters. The largest absolute Gasteiger partial charge is 0.417 e. The minimum Gasteiger partial charge on any atom is -0.379 e. The minimum absolute atomic E-state index is 0.000523. The van der Waals surface area contributed by atoms with Gasteiger partial charge < -0.3 is 4.90 Å². The van der Waals surface area contributed by atoms with Gasteiger partial charge in [-0.05, 0) is 31.0 Å². The zero-order valence-corrected chi connectivity index (χ0v) is 12.4. The van der Waals surface area contributed by atoms with E-state index in [1.807, 2.05) is 18.1 Å². The van der Waals surface area contributed by atoms with Crippen LogP contribution in [0.4, 0.5) is 18.9 Å². The van der Waals surface area contributed by atoms with E-state index in [0.29, 0.717) is 0 Å². The van der Waals surface area contributed by atoms with Gasteiger partial charge >= 0.3 is 6.18 Å². The Bertz CT molecular complexity index is 552. The number of azo groups is 1. The van der Waals surface area contributed by atoms with Crippen LogP contribution in [0.1, 0.15) is 18.4 Å². The van der Waals surface area contributed by atoms with Gasteiger partial charge in [0.25, 0.3) is 0 Å². The number of hydrogen-bond acceptors (Lipinski definition) is 3. The molecule has 0 N–H and O–H groups in total. The van der Waals surface area contributed by atoms with Crippen LogP contribution in [-0.4, -0.2) is 18.5 Å². The van der Waals surface area contributed by atoms with Crippen LogP contribution in [0.15, 0.2) is 44.8 Å². The molecular weight excluding hydrogens is 335 g/mol. The average Bonchev–Trinajstić information content (AvgIpc) is 2.36. The number of hydrogen-bond donors (Lipinski definition) is 0. The van der Waals surface area contributed by atoms with Crippen molar-refractivity contribution in [1.82, 2.24) is 4.90 Å². The zero-order valence-electron chi connectivity index (χ0n) is 10.8. The van der Waals surface area contributed by atoms with E-state index in [1.54, 1.807) is 0 Å². The third kappa shape index (κ3) is 3.82.